The minimum absolute atomic E-state index is 0.244. The standard InChI is InChI=1S/C15H7BrCl3NO/c16-8-4-5-11(17)9(6-8)15(21)10(7-20)14-12(18)2-1-3-13(14)19/h1-6,10H. The van der Waals surface area contributed by atoms with Crippen LogP contribution < -0.4 is 0 Å². The fraction of sp³-hybridized carbons (Fsp3) is 0.0667. The van der Waals surface area contributed by atoms with Gasteiger partial charge in [-0.3, -0.25) is 4.79 Å². The maximum absolute atomic E-state index is 12.6. The summed E-state index contributed by atoms with van der Waals surface area (Å²) in [5, 5.41) is 10.2. The first kappa shape index (κ1) is 16.3. The second kappa shape index (κ2) is 6.81. The van der Waals surface area contributed by atoms with Gasteiger partial charge in [-0.2, -0.15) is 5.26 Å². The van der Waals surface area contributed by atoms with Crippen molar-refractivity contribution in [1.82, 2.24) is 0 Å². The summed E-state index contributed by atoms with van der Waals surface area (Å²) < 4.78 is 0.692. The predicted octanol–water partition coefficient (Wildman–Crippen LogP) is 5.90. The van der Waals surface area contributed by atoms with Crippen LogP contribution in [0.25, 0.3) is 0 Å². The highest BCUT2D eigenvalue weighted by Gasteiger charge is 2.27. The van der Waals surface area contributed by atoms with Gasteiger partial charge in [-0.25, -0.2) is 0 Å². The number of nitriles is 1. The molecular formula is C15H7BrCl3NO. The normalized spacial score (nSPS) is 11.8. The molecule has 0 aromatic heterocycles. The Bertz CT molecular complexity index is 735. The number of Topliss-reactive ketones (excluding diaryl/α,β-unsaturated/α-hetero) is 1. The van der Waals surface area contributed by atoms with E-state index in [1.165, 1.54) is 0 Å². The molecule has 0 heterocycles. The Morgan fingerprint density at radius 1 is 1.10 bits per heavy atom. The van der Waals surface area contributed by atoms with Crippen molar-refractivity contribution in [2.45, 2.75) is 5.92 Å². The molecule has 0 N–H and O–H groups in total. The lowest BCUT2D eigenvalue weighted by Gasteiger charge is -2.13. The zero-order valence-corrected chi connectivity index (χ0v) is 14.3. The summed E-state index contributed by atoms with van der Waals surface area (Å²) in [5.74, 6) is -1.56. The molecule has 0 amide bonds. The number of halogens is 4. The molecule has 0 aliphatic rings. The average molecular weight is 403 g/mol. The summed E-state index contributed by atoms with van der Waals surface area (Å²) in [4.78, 5) is 12.6. The number of ketones is 1. The van der Waals surface area contributed by atoms with Crippen molar-refractivity contribution in [2.24, 2.45) is 0 Å². The van der Waals surface area contributed by atoms with Crippen molar-refractivity contribution in [2.75, 3.05) is 0 Å². The number of hydrogen-bond donors (Lipinski definition) is 0. The summed E-state index contributed by atoms with van der Waals surface area (Å²) in [6.45, 7) is 0. The number of carbonyl (C=O) groups is 1. The van der Waals surface area contributed by atoms with Gasteiger partial charge in [0.05, 0.1) is 11.1 Å². The third-order valence-corrected chi connectivity index (χ3v) is 4.36. The zero-order valence-electron chi connectivity index (χ0n) is 10.4. The molecule has 2 rings (SSSR count). The lowest BCUT2D eigenvalue weighted by molar-refractivity contribution is 0.0979. The Kier molecular flexibility index (Phi) is 5.29. The van der Waals surface area contributed by atoms with Crippen LogP contribution in [0.4, 0.5) is 0 Å². The number of benzene rings is 2. The Hall–Kier alpha value is -1.05. The lowest BCUT2D eigenvalue weighted by Crippen LogP contribution is -2.13. The second-order valence-electron chi connectivity index (χ2n) is 4.19. The SMILES string of the molecule is N#CC(C(=O)c1cc(Br)ccc1Cl)c1c(Cl)cccc1Cl. The molecule has 0 spiro atoms. The van der Waals surface area contributed by atoms with Gasteiger partial charge in [-0.05, 0) is 30.3 Å². The third kappa shape index (κ3) is 3.41. The number of carbonyl (C=O) groups excluding carboxylic acids is 1. The van der Waals surface area contributed by atoms with Gasteiger partial charge in [-0.15, -0.1) is 0 Å². The van der Waals surface area contributed by atoms with Crippen molar-refractivity contribution >= 4 is 56.5 Å². The van der Waals surface area contributed by atoms with E-state index in [1.807, 2.05) is 6.07 Å². The van der Waals surface area contributed by atoms with Gasteiger partial charge in [0.2, 0.25) is 0 Å². The third-order valence-electron chi connectivity index (χ3n) is 2.87. The molecule has 106 valence electrons. The van der Waals surface area contributed by atoms with E-state index in [0.29, 0.717) is 10.0 Å². The molecule has 0 aliphatic heterocycles. The second-order valence-corrected chi connectivity index (χ2v) is 6.32. The molecule has 1 unspecified atom stereocenters. The molecule has 0 aliphatic carbocycles. The van der Waals surface area contributed by atoms with Crippen LogP contribution in [0.2, 0.25) is 15.1 Å². The summed E-state index contributed by atoms with van der Waals surface area (Å²) >= 11 is 21.5. The van der Waals surface area contributed by atoms with Crippen molar-refractivity contribution in [3.63, 3.8) is 0 Å². The predicted molar refractivity (Wildman–Crippen MR) is 88.3 cm³/mol. The topological polar surface area (TPSA) is 40.9 Å². The number of nitrogens with zero attached hydrogens (tertiary/aromatic N) is 1. The first-order valence-electron chi connectivity index (χ1n) is 5.78. The van der Waals surface area contributed by atoms with Gasteiger partial charge >= 0.3 is 0 Å². The van der Waals surface area contributed by atoms with E-state index < -0.39 is 11.7 Å². The molecule has 0 saturated carbocycles. The quantitative estimate of drug-likeness (QED) is 0.599. The van der Waals surface area contributed by atoms with E-state index in [1.54, 1.807) is 36.4 Å². The molecule has 0 radical (unpaired) electrons. The Balaban J connectivity index is 2.55. The monoisotopic (exact) mass is 401 g/mol. The molecule has 2 aromatic rings. The highest BCUT2D eigenvalue weighted by atomic mass is 79.9. The van der Waals surface area contributed by atoms with E-state index in [2.05, 4.69) is 15.9 Å². The van der Waals surface area contributed by atoms with Crippen molar-refractivity contribution in [3.8, 4) is 6.07 Å². The van der Waals surface area contributed by atoms with Gasteiger partial charge in [0.1, 0.15) is 5.92 Å². The van der Waals surface area contributed by atoms with Crippen molar-refractivity contribution in [1.29, 1.82) is 5.26 Å². The number of rotatable bonds is 3. The van der Waals surface area contributed by atoms with Crippen LogP contribution in [0.5, 0.6) is 0 Å². The van der Waals surface area contributed by atoms with Gasteiger partial charge < -0.3 is 0 Å². The molecule has 0 fully saturated rings. The molecule has 2 nitrogen and oxygen atoms in total. The molecule has 6 heteroatoms. The molecule has 0 saturated heterocycles. The van der Waals surface area contributed by atoms with E-state index in [0.717, 1.165) is 0 Å². The summed E-state index contributed by atoms with van der Waals surface area (Å²) in [6.07, 6.45) is 0. The highest BCUT2D eigenvalue weighted by molar-refractivity contribution is 9.10. The molecule has 0 bridgehead atoms. The molecule has 21 heavy (non-hydrogen) atoms. The average Bonchev–Trinajstić information content (AvgIpc) is 2.45. The Morgan fingerprint density at radius 3 is 2.29 bits per heavy atom. The van der Waals surface area contributed by atoms with Gasteiger partial charge in [0, 0.05) is 25.6 Å². The van der Waals surface area contributed by atoms with Crippen LogP contribution in [-0.4, -0.2) is 5.78 Å². The minimum atomic E-state index is -1.11. The molecule has 1 atom stereocenters. The van der Waals surface area contributed by atoms with Crippen LogP contribution in [-0.2, 0) is 0 Å². The maximum atomic E-state index is 12.6. The Labute approximate surface area is 145 Å². The van der Waals surface area contributed by atoms with E-state index >= 15 is 0 Å². The maximum Gasteiger partial charge on any atom is 0.186 e. The van der Waals surface area contributed by atoms with Crippen LogP contribution in [0.15, 0.2) is 40.9 Å². The summed E-state index contributed by atoms with van der Waals surface area (Å²) in [5.41, 5.74) is 0.540. The smallest absolute Gasteiger partial charge is 0.186 e. The van der Waals surface area contributed by atoms with Crippen LogP contribution in [0.3, 0.4) is 0 Å². The van der Waals surface area contributed by atoms with Gasteiger partial charge in [0.15, 0.2) is 5.78 Å². The largest absolute Gasteiger partial charge is 0.292 e. The first-order chi connectivity index (χ1) is 9.95. The molecular weight excluding hydrogens is 396 g/mol. The van der Waals surface area contributed by atoms with E-state index in [4.69, 9.17) is 34.8 Å². The first-order valence-corrected chi connectivity index (χ1v) is 7.71. The summed E-state index contributed by atoms with van der Waals surface area (Å²) in [7, 11) is 0. The fourth-order valence-corrected chi connectivity index (χ4v) is 3.07. The van der Waals surface area contributed by atoms with Crippen LogP contribution >= 0.6 is 50.7 Å². The van der Waals surface area contributed by atoms with Gasteiger partial charge in [-0.1, -0.05) is 56.8 Å². The minimum Gasteiger partial charge on any atom is -0.292 e. The molecule has 2 aromatic carbocycles. The van der Waals surface area contributed by atoms with Crippen LogP contribution in [0.1, 0.15) is 21.8 Å². The van der Waals surface area contributed by atoms with E-state index in [-0.39, 0.29) is 20.6 Å². The fourth-order valence-electron chi connectivity index (χ4n) is 1.88. The zero-order chi connectivity index (χ0) is 15.6. The number of hydrogen-bond acceptors (Lipinski definition) is 2. The van der Waals surface area contributed by atoms with Gasteiger partial charge in [0.25, 0.3) is 0 Å². The van der Waals surface area contributed by atoms with Crippen molar-refractivity contribution in [3.05, 3.63) is 67.1 Å². The van der Waals surface area contributed by atoms with E-state index in [9.17, 15) is 10.1 Å². The Morgan fingerprint density at radius 2 is 1.71 bits per heavy atom. The highest BCUT2D eigenvalue weighted by Crippen LogP contribution is 2.35. The lowest BCUT2D eigenvalue weighted by atomic mass is 9.91. The summed E-state index contributed by atoms with van der Waals surface area (Å²) in [6, 6.07) is 11.6. The van der Waals surface area contributed by atoms with Crippen molar-refractivity contribution < 1.29 is 4.79 Å². The van der Waals surface area contributed by atoms with Crippen LogP contribution in [0, 0.1) is 11.3 Å².